The third kappa shape index (κ3) is 1.84. The molecule has 0 saturated carbocycles. The van der Waals surface area contributed by atoms with Gasteiger partial charge in [-0.25, -0.2) is 4.39 Å². The molecule has 0 heterocycles. The van der Waals surface area contributed by atoms with Gasteiger partial charge in [-0.05, 0) is 12.5 Å². The van der Waals surface area contributed by atoms with Crippen LogP contribution in [0.3, 0.4) is 0 Å². The molecule has 0 aromatic heterocycles. The number of hydrogen-bond acceptors (Lipinski definition) is 3. The first-order valence-electron chi connectivity index (χ1n) is 3.67. The van der Waals surface area contributed by atoms with E-state index in [0.717, 1.165) is 6.92 Å². The predicted octanol–water partition coefficient (Wildman–Crippen LogP) is 3.12. The van der Waals surface area contributed by atoms with Gasteiger partial charge in [0.2, 0.25) is 5.82 Å². The molecule has 0 amide bonds. The van der Waals surface area contributed by atoms with Crippen LogP contribution in [0.4, 0.5) is 20.2 Å². The lowest BCUT2D eigenvalue weighted by molar-refractivity contribution is -0.387. The van der Waals surface area contributed by atoms with Gasteiger partial charge < -0.3 is 0 Å². The average Bonchev–Trinajstić information content (AvgIpc) is 2.18. The summed E-state index contributed by atoms with van der Waals surface area (Å²) < 4.78 is 26.3. The molecule has 0 spiro atoms. The zero-order valence-corrected chi connectivity index (χ0v) is 7.44. The van der Waals surface area contributed by atoms with Crippen LogP contribution in [-0.2, 0) is 0 Å². The third-order valence-electron chi connectivity index (χ3n) is 1.73. The molecule has 8 heteroatoms. The highest BCUT2D eigenvalue weighted by Gasteiger charge is 2.21. The quantitative estimate of drug-likeness (QED) is 0.248. The fourth-order valence-electron chi connectivity index (χ4n) is 0.991. The monoisotopic (exact) mass is 214 g/mol. The molecule has 6 nitrogen and oxygen atoms in total. The normalized spacial score (nSPS) is 9.53. The van der Waals surface area contributed by atoms with Crippen molar-refractivity contribution in [2.24, 2.45) is 5.11 Å². The van der Waals surface area contributed by atoms with E-state index >= 15 is 0 Å². The Hall–Kier alpha value is -2.21. The Morgan fingerprint density at radius 1 is 1.53 bits per heavy atom. The maximum atomic E-state index is 13.2. The molecular formula is C7H4F2N4O2. The van der Waals surface area contributed by atoms with Gasteiger partial charge in [-0.2, -0.15) is 4.39 Å². The lowest BCUT2D eigenvalue weighted by Crippen LogP contribution is -1.97. The van der Waals surface area contributed by atoms with Gasteiger partial charge in [-0.15, -0.1) is 0 Å². The van der Waals surface area contributed by atoms with Crippen LogP contribution in [0.25, 0.3) is 10.4 Å². The Labute approximate surface area is 81.9 Å². The lowest BCUT2D eigenvalue weighted by atomic mass is 10.1. The number of azide groups is 1. The van der Waals surface area contributed by atoms with Gasteiger partial charge in [-0.1, -0.05) is 5.11 Å². The first kappa shape index (κ1) is 10.9. The van der Waals surface area contributed by atoms with Crippen molar-refractivity contribution >= 4 is 11.4 Å². The molecule has 1 rings (SSSR count). The lowest BCUT2D eigenvalue weighted by Gasteiger charge is -2.02. The SMILES string of the molecule is Cc1c(F)c(N=[N+]=[N-])cc([N+](=O)[O-])c1F. The van der Waals surface area contributed by atoms with Crippen LogP contribution in [-0.4, -0.2) is 4.92 Å². The van der Waals surface area contributed by atoms with Crippen LogP contribution in [0.15, 0.2) is 11.2 Å². The van der Waals surface area contributed by atoms with Crippen LogP contribution in [0.2, 0.25) is 0 Å². The van der Waals surface area contributed by atoms with Crippen molar-refractivity contribution in [2.45, 2.75) is 6.92 Å². The molecule has 0 unspecified atom stereocenters. The minimum absolute atomic E-state index is 0.549. The van der Waals surface area contributed by atoms with Crippen molar-refractivity contribution in [3.8, 4) is 0 Å². The second-order valence-electron chi connectivity index (χ2n) is 2.61. The molecule has 0 aliphatic carbocycles. The van der Waals surface area contributed by atoms with Gasteiger partial charge in [0, 0.05) is 16.5 Å². The fraction of sp³-hybridized carbons (Fsp3) is 0.143. The van der Waals surface area contributed by atoms with E-state index in [-0.39, 0.29) is 0 Å². The van der Waals surface area contributed by atoms with E-state index in [4.69, 9.17) is 5.53 Å². The summed E-state index contributed by atoms with van der Waals surface area (Å²) in [7, 11) is 0. The Bertz CT molecular complexity index is 456. The molecule has 15 heavy (non-hydrogen) atoms. The molecule has 0 aliphatic heterocycles. The molecule has 0 atom stereocenters. The third-order valence-corrected chi connectivity index (χ3v) is 1.73. The summed E-state index contributed by atoms with van der Waals surface area (Å²) >= 11 is 0. The highest BCUT2D eigenvalue weighted by molar-refractivity contribution is 5.52. The molecule has 1 aromatic carbocycles. The summed E-state index contributed by atoms with van der Waals surface area (Å²) in [5.74, 6) is -2.37. The molecule has 0 bridgehead atoms. The van der Waals surface area contributed by atoms with E-state index in [1.807, 2.05) is 0 Å². The van der Waals surface area contributed by atoms with E-state index in [0.29, 0.717) is 6.07 Å². The minimum atomic E-state index is -1.27. The van der Waals surface area contributed by atoms with Crippen LogP contribution >= 0.6 is 0 Å². The van der Waals surface area contributed by atoms with Crippen molar-refractivity contribution in [3.63, 3.8) is 0 Å². The Balaban J connectivity index is 3.58. The highest BCUT2D eigenvalue weighted by atomic mass is 19.1. The smallest absolute Gasteiger partial charge is 0.258 e. The van der Waals surface area contributed by atoms with E-state index in [9.17, 15) is 18.9 Å². The molecule has 0 radical (unpaired) electrons. The summed E-state index contributed by atoms with van der Waals surface area (Å²) in [5.41, 5.74) is 6.00. The van der Waals surface area contributed by atoms with E-state index in [1.165, 1.54) is 0 Å². The Morgan fingerprint density at radius 3 is 2.60 bits per heavy atom. The summed E-state index contributed by atoms with van der Waals surface area (Å²) in [4.78, 5) is 11.6. The fourth-order valence-corrected chi connectivity index (χ4v) is 0.991. The van der Waals surface area contributed by atoms with Crippen LogP contribution in [0.5, 0.6) is 0 Å². The Kier molecular flexibility index (Phi) is 2.82. The summed E-state index contributed by atoms with van der Waals surface area (Å²) in [6.07, 6.45) is 0. The zero-order chi connectivity index (χ0) is 11.6. The maximum Gasteiger partial charge on any atom is 0.305 e. The molecule has 0 N–H and O–H groups in total. The standard InChI is InChI=1S/C7H4F2N4O2/c1-3-6(8)4(11-12-10)2-5(7(3)9)13(14)15/h2H,1H3. The zero-order valence-electron chi connectivity index (χ0n) is 7.44. The van der Waals surface area contributed by atoms with Crippen LogP contribution in [0.1, 0.15) is 5.56 Å². The summed E-state index contributed by atoms with van der Waals surface area (Å²) in [6, 6.07) is 0.553. The number of nitro groups is 1. The number of benzene rings is 1. The largest absolute Gasteiger partial charge is 0.305 e. The van der Waals surface area contributed by atoms with Crippen molar-refractivity contribution < 1.29 is 13.7 Å². The van der Waals surface area contributed by atoms with Crippen molar-refractivity contribution in [1.29, 1.82) is 0 Å². The van der Waals surface area contributed by atoms with Crippen molar-refractivity contribution in [1.82, 2.24) is 0 Å². The first-order chi connectivity index (χ1) is 6.99. The van der Waals surface area contributed by atoms with Gasteiger partial charge in [-0.3, -0.25) is 10.1 Å². The maximum absolute atomic E-state index is 13.2. The molecule has 78 valence electrons. The van der Waals surface area contributed by atoms with Gasteiger partial charge in [0.15, 0.2) is 0 Å². The van der Waals surface area contributed by atoms with Gasteiger partial charge >= 0.3 is 5.69 Å². The molecule has 0 fully saturated rings. The number of nitro benzene ring substituents is 1. The van der Waals surface area contributed by atoms with Gasteiger partial charge in [0.25, 0.3) is 0 Å². The van der Waals surface area contributed by atoms with E-state index in [1.54, 1.807) is 0 Å². The van der Waals surface area contributed by atoms with Gasteiger partial charge in [0.1, 0.15) is 5.82 Å². The number of rotatable bonds is 2. The van der Waals surface area contributed by atoms with E-state index in [2.05, 4.69) is 10.0 Å². The summed E-state index contributed by atoms with van der Waals surface area (Å²) in [6.45, 7) is 1.02. The topological polar surface area (TPSA) is 91.9 Å². The number of nitrogens with zero attached hydrogens (tertiary/aromatic N) is 4. The van der Waals surface area contributed by atoms with Crippen molar-refractivity contribution in [2.75, 3.05) is 0 Å². The van der Waals surface area contributed by atoms with Gasteiger partial charge in [0.05, 0.1) is 10.6 Å². The number of halogens is 2. The van der Waals surface area contributed by atoms with Crippen LogP contribution in [0, 0.1) is 28.7 Å². The number of hydrogen-bond donors (Lipinski definition) is 0. The predicted molar refractivity (Wildman–Crippen MR) is 46.6 cm³/mol. The summed E-state index contributed by atoms with van der Waals surface area (Å²) in [5, 5.41) is 13.2. The first-order valence-corrected chi connectivity index (χ1v) is 3.67. The van der Waals surface area contributed by atoms with Crippen LogP contribution < -0.4 is 0 Å². The van der Waals surface area contributed by atoms with E-state index < -0.39 is 33.5 Å². The minimum Gasteiger partial charge on any atom is -0.258 e. The molecule has 0 aliphatic rings. The second kappa shape index (κ2) is 3.89. The second-order valence-corrected chi connectivity index (χ2v) is 2.61. The van der Waals surface area contributed by atoms with Crippen molar-refractivity contribution in [3.05, 3.63) is 43.8 Å². The molecular weight excluding hydrogens is 210 g/mol. The average molecular weight is 214 g/mol. The molecule has 1 aromatic rings. The highest BCUT2D eigenvalue weighted by Crippen LogP contribution is 2.30. The molecule has 0 saturated heterocycles. The Morgan fingerprint density at radius 2 is 2.13 bits per heavy atom.